The molecule has 4 nitrogen and oxygen atoms in total. The third kappa shape index (κ3) is 2.78. The molecule has 0 fully saturated rings. The zero-order chi connectivity index (χ0) is 14.0. The van der Waals surface area contributed by atoms with Crippen LogP contribution in [-0.4, -0.2) is 11.1 Å². The van der Waals surface area contributed by atoms with E-state index < -0.39 is 5.97 Å². The fourth-order valence-corrected chi connectivity index (χ4v) is 2.00. The van der Waals surface area contributed by atoms with Gasteiger partial charge in [-0.25, -0.2) is 4.79 Å². The second-order valence-corrected chi connectivity index (χ2v) is 4.54. The Labute approximate surface area is 111 Å². The highest BCUT2D eigenvalue weighted by Gasteiger charge is 2.15. The molecule has 2 aromatic rings. The van der Waals surface area contributed by atoms with Crippen molar-refractivity contribution in [3.63, 3.8) is 0 Å². The number of ether oxygens (including phenoxy) is 1. The number of para-hydroxylation sites is 1. The number of hydrogen-bond donors (Lipinski definition) is 1. The van der Waals surface area contributed by atoms with Crippen LogP contribution in [0.1, 0.15) is 33.0 Å². The van der Waals surface area contributed by atoms with Gasteiger partial charge in [0.1, 0.15) is 18.1 Å². The lowest BCUT2D eigenvalue weighted by atomic mass is 10.1. The van der Waals surface area contributed by atoms with E-state index in [1.807, 2.05) is 32.0 Å². The van der Waals surface area contributed by atoms with Gasteiger partial charge < -0.3 is 14.3 Å². The van der Waals surface area contributed by atoms with Crippen LogP contribution in [0, 0.1) is 20.8 Å². The van der Waals surface area contributed by atoms with Crippen molar-refractivity contribution in [2.75, 3.05) is 0 Å². The number of furan rings is 1. The lowest BCUT2D eigenvalue weighted by Crippen LogP contribution is -1.98. The summed E-state index contributed by atoms with van der Waals surface area (Å²) in [6.07, 6.45) is 0. The van der Waals surface area contributed by atoms with Crippen LogP contribution in [0.2, 0.25) is 0 Å². The molecule has 1 heterocycles. The van der Waals surface area contributed by atoms with Crippen molar-refractivity contribution in [1.29, 1.82) is 0 Å². The summed E-state index contributed by atoms with van der Waals surface area (Å²) >= 11 is 0. The molecule has 1 aromatic heterocycles. The average molecular weight is 260 g/mol. The van der Waals surface area contributed by atoms with E-state index in [0.717, 1.165) is 16.9 Å². The number of aryl methyl sites for hydroxylation is 3. The van der Waals surface area contributed by atoms with Crippen LogP contribution in [0.4, 0.5) is 0 Å². The SMILES string of the molecule is Cc1cc(COc2c(C)cccc2C)oc1C(=O)O. The highest BCUT2D eigenvalue weighted by atomic mass is 16.5. The fourth-order valence-electron chi connectivity index (χ4n) is 2.00. The number of carbonyl (C=O) groups is 1. The van der Waals surface area contributed by atoms with Crippen LogP contribution in [0.3, 0.4) is 0 Å². The minimum atomic E-state index is -1.06. The van der Waals surface area contributed by atoms with Gasteiger partial charge in [0, 0.05) is 5.56 Å². The third-order valence-corrected chi connectivity index (χ3v) is 2.93. The Balaban J connectivity index is 2.15. The highest BCUT2D eigenvalue weighted by molar-refractivity contribution is 5.86. The van der Waals surface area contributed by atoms with Gasteiger partial charge >= 0.3 is 5.97 Å². The fraction of sp³-hybridized carbons (Fsp3) is 0.267. The molecule has 0 saturated carbocycles. The lowest BCUT2D eigenvalue weighted by Gasteiger charge is -2.10. The van der Waals surface area contributed by atoms with Crippen molar-refractivity contribution in [2.45, 2.75) is 27.4 Å². The zero-order valence-corrected chi connectivity index (χ0v) is 11.2. The molecule has 1 aromatic carbocycles. The van der Waals surface area contributed by atoms with Crippen molar-refractivity contribution in [3.8, 4) is 5.75 Å². The molecule has 0 unspecified atom stereocenters. The molecule has 0 bridgehead atoms. The van der Waals surface area contributed by atoms with Gasteiger partial charge in [-0.1, -0.05) is 18.2 Å². The first kappa shape index (κ1) is 13.2. The van der Waals surface area contributed by atoms with Crippen LogP contribution in [-0.2, 0) is 6.61 Å². The van der Waals surface area contributed by atoms with E-state index in [-0.39, 0.29) is 12.4 Å². The first-order chi connectivity index (χ1) is 8.99. The highest BCUT2D eigenvalue weighted by Crippen LogP contribution is 2.24. The molecule has 19 heavy (non-hydrogen) atoms. The standard InChI is InChI=1S/C15H16O4/c1-9-5-4-6-10(2)13(9)18-8-12-7-11(3)14(19-12)15(16)17/h4-7H,8H2,1-3H3,(H,16,17). The summed E-state index contributed by atoms with van der Waals surface area (Å²) in [6, 6.07) is 7.60. The number of rotatable bonds is 4. The Hall–Kier alpha value is -2.23. The van der Waals surface area contributed by atoms with Crippen LogP contribution in [0.25, 0.3) is 0 Å². The second kappa shape index (κ2) is 5.18. The molecule has 0 atom stereocenters. The Morgan fingerprint density at radius 2 is 1.84 bits per heavy atom. The van der Waals surface area contributed by atoms with Crippen LogP contribution < -0.4 is 4.74 Å². The molecule has 0 aliphatic heterocycles. The van der Waals surface area contributed by atoms with Gasteiger partial charge in [-0.2, -0.15) is 0 Å². The lowest BCUT2D eigenvalue weighted by molar-refractivity contribution is 0.0657. The predicted octanol–water partition coefficient (Wildman–Crippen LogP) is 3.48. The number of aromatic carboxylic acids is 1. The van der Waals surface area contributed by atoms with Crippen LogP contribution in [0.15, 0.2) is 28.7 Å². The topological polar surface area (TPSA) is 59.7 Å². The van der Waals surface area contributed by atoms with Gasteiger partial charge in [0.15, 0.2) is 0 Å². The van der Waals surface area contributed by atoms with E-state index in [0.29, 0.717) is 11.3 Å². The molecule has 0 aliphatic rings. The molecule has 4 heteroatoms. The van der Waals surface area contributed by atoms with Crippen molar-refractivity contribution in [3.05, 3.63) is 52.5 Å². The summed E-state index contributed by atoms with van der Waals surface area (Å²) in [6.45, 7) is 5.87. The molecule has 1 N–H and O–H groups in total. The van der Waals surface area contributed by atoms with Gasteiger partial charge in [-0.05, 0) is 38.0 Å². The van der Waals surface area contributed by atoms with Crippen molar-refractivity contribution >= 4 is 5.97 Å². The molecule has 100 valence electrons. The first-order valence-electron chi connectivity index (χ1n) is 6.00. The quantitative estimate of drug-likeness (QED) is 0.914. The molecule has 0 saturated heterocycles. The summed E-state index contributed by atoms with van der Waals surface area (Å²) in [5.41, 5.74) is 2.69. The van der Waals surface area contributed by atoms with Crippen molar-refractivity contribution in [1.82, 2.24) is 0 Å². The van der Waals surface area contributed by atoms with E-state index in [4.69, 9.17) is 14.3 Å². The Morgan fingerprint density at radius 3 is 2.37 bits per heavy atom. The Morgan fingerprint density at radius 1 is 1.21 bits per heavy atom. The molecular weight excluding hydrogens is 244 g/mol. The number of carboxylic acids is 1. The number of benzene rings is 1. The third-order valence-electron chi connectivity index (χ3n) is 2.93. The second-order valence-electron chi connectivity index (χ2n) is 4.54. The molecular formula is C15H16O4. The number of hydrogen-bond acceptors (Lipinski definition) is 3. The predicted molar refractivity (Wildman–Crippen MR) is 70.7 cm³/mol. The van der Waals surface area contributed by atoms with Crippen molar-refractivity contribution < 1.29 is 19.1 Å². The van der Waals surface area contributed by atoms with Gasteiger partial charge in [0.25, 0.3) is 0 Å². The Kier molecular flexibility index (Phi) is 3.60. The first-order valence-corrected chi connectivity index (χ1v) is 6.00. The van der Waals surface area contributed by atoms with E-state index >= 15 is 0 Å². The van der Waals surface area contributed by atoms with Crippen LogP contribution >= 0.6 is 0 Å². The summed E-state index contributed by atoms with van der Waals surface area (Å²) in [5, 5.41) is 8.92. The van der Waals surface area contributed by atoms with E-state index in [1.165, 1.54) is 0 Å². The molecule has 0 radical (unpaired) electrons. The average Bonchev–Trinajstić information content (AvgIpc) is 2.70. The normalized spacial score (nSPS) is 10.5. The van der Waals surface area contributed by atoms with E-state index in [2.05, 4.69) is 0 Å². The van der Waals surface area contributed by atoms with Crippen LogP contribution in [0.5, 0.6) is 5.75 Å². The summed E-state index contributed by atoms with van der Waals surface area (Å²) in [7, 11) is 0. The van der Waals surface area contributed by atoms with Gasteiger partial charge in [0.2, 0.25) is 5.76 Å². The van der Waals surface area contributed by atoms with Crippen molar-refractivity contribution in [2.24, 2.45) is 0 Å². The van der Waals surface area contributed by atoms with Gasteiger partial charge in [-0.15, -0.1) is 0 Å². The summed E-state index contributed by atoms with van der Waals surface area (Å²) in [4.78, 5) is 10.9. The minimum absolute atomic E-state index is 0.0277. The summed E-state index contributed by atoms with van der Waals surface area (Å²) in [5.74, 6) is 0.238. The van der Waals surface area contributed by atoms with Gasteiger partial charge in [0.05, 0.1) is 0 Å². The maximum Gasteiger partial charge on any atom is 0.372 e. The van der Waals surface area contributed by atoms with E-state index in [9.17, 15) is 4.79 Å². The largest absolute Gasteiger partial charge is 0.485 e. The van der Waals surface area contributed by atoms with E-state index in [1.54, 1.807) is 13.0 Å². The smallest absolute Gasteiger partial charge is 0.372 e. The molecule has 0 amide bonds. The Bertz CT molecular complexity index is 590. The number of carboxylic acid groups (broad SMARTS) is 1. The molecule has 0 spiro atoms. The molecule has 2 rings (SSSR count). The summed E-state index contributed by atoms with van der Waals surface area (Å²) < 4.78 is 11.0. The monoisotopic (exact) mass is 260 g/mol. The maximum atomic E-state index is 10.9. The minimum Gasteiger partial charge on any atom is -0.485 e. The van der Waals surface area contributed by atoms with Gasteiger partial charge in [-0.3, -0.25) is 0 Å². The maximum absolute atomic E-state index is 10.9. The zero-order valence-electron chi connectivity index (χ0n) is 11.2. The molecule has 0 aliphatic carbocycles.